The van der Waals surface area contributed by atoms with Gasteiger partial charge in [0.25, 0.3) is 0 Å². The molecule has 1 aromatic heterocycles. The molecule has 0 radical (unpaired) electrons. The minimum absolute atomic E-state index is 0.178. The highest BCUT2D eigenvalue weighted by Crippen LogP contribution is 2.18. The van der Waals surface area contributed by atoms with Crippen LogP contribution in [0.25, 0.3) is 0 Å². The van der Waals surface area contributed by atoms with Crippen LogP contribution in [0.3, 0.4) is 0 Å². The van der Waals surface area contributed by atoms with Crippen molar-refractivity contribution < 1.29 is 9.90 Å². The van der Waals surface area contributed by atoms with Crippen LogP contribution >= 0.6 is 11.8 Å². The van der Waals surface area contributed by atoms with E-state index in [0.717, 1.165) is 10.7 Å². The molecule has 2 N–H and O–H groups in total. The van der Waals surface area contributed by atoms with Crippen molar-refractivity contribution in [1.29, 1.82) is 0 Å². The van der Waals surface area contributed by atoms with Gasteiger partial charge in [0.15, 0.2) is 0 Å². The maximum atomic E-state index is 10.2. The molecule has 0 unspecified atom stereocenters. The van der Waals surface area contributed by atoms with E-state index in [2.05, 4.69) is 9.97 Å². The number of thioether (sulfide) groups is 1. The summed E-state index contributed by atoms with van der Waals surface area (Å²) in [5, 5.41) is 9.26. The van der Waals surface area contributed by atoms with Gasteiger partial charge in [0.2, 0.25) is 0 Å². The van der Waals surface area contributed by atoms with Crippen LogP contribution in [0.2, 0.25) is 0 Å². The summed E-state index contributed by atoms with van der Waals surface area (Å²) < 4.78 is 0. The molecule has 1 aromatic rings. The van der Waals surface area contributed by atoms with Crippen LogP contribution < -0.4 is 0 Å². The molecule has 0 saturated heterocycles. The summed E-state index contributed by atoms with van der Waals surface area (Å²) in [6.07, 6.45) is 1.79. The molecule has 0 atom stereocenters. The molecule has 0 aliphatic rings. The lowest BCUT2D eigenvalue weighted by molar-refractivity contribution is -0.136. The monoisotopic (exact) mass is 186 g/mol. The number of aliphatic carboxylic acids is 1. The second-order valence-corrected chi connectivity index (χ2v) is 3.41. The Bertz CT molecular complexity index is 272. The van der Waals surface area contributed by atoms with Gasteiger partial charge in [-0.25, -0.2) is 4.98 Å². The van der Waals surface area contributed by atoms with Gasteiger partial charge in [-0.2, -0.15) is 0 Å². The lowest BCUT2D eigenvalue weighted by Crippen LogP contribution is -1.95. The van der Waals surface area contributed by atoms with E-state index in [4.69, 9.17) is 5.11 Å². The first kappa shape index (κ1) is 9.12. The lowest BCUT2D eigenvalue weighted by Gasteiger charge is -1.95. The molecule has 0 saturated carbocycles. The summed E-state index contributed by atoms with van der Waals surface area (Å²) >= 11 is 1.46. The first-order chi connectivity index (χ1) is 5.70. The quantitative estimate of drug-likeness (QED) is 0.695. The topological polar surface area (TPSA) is 66.0 Å². The van der Waals surface area contributed by atoms with Gasteiger partial charge in [-0.05, 0) is 6.92 Å². The Morgan fingerprint density at radius 2 is 2.58 bits per heavy atom. The molecule has 66 valence electrons. The number of carboxylic acids is 1. The van der Waals surface area contributed by atoms with Crippen molar-refractivity contribution in [3.05, 3.63) is 12.0 Å². The second-order valence-electron chi connectivity index (χ2n) is 2.32. The van der Waals surface area contributed by atoms with Crippen LogP contribution in [0.4, 0.5) is 0 Å². The summed E-state index contributed by atoms with van der Waals surface area (Å²) in [7, 11) is 0. The average Bonchev–Trinajstić information content (AvgIpc) is 2.36. The van der Waals surface area contributed by atoms with Crippen LogP contribution in [0.15, 0.2) is 11.4 Å². The third kappa shape index (κ3) is 2.58. The minimum Gasteiger partial charge on any atom is -0.481 e. The van der Waals surface area contributed by atoms with Crippen LogP contribution in [-0.2, 0) is 4.79 Å². The maximum Gasteiger partial charge on any atom is 0.304 e. The zero-order valence-corrected chi connectivity index (χ0v) is 7.52. The molecule has 0 aliphatic carbocycles. The van der Waals surface area contributed by atoms with E-state index in [1.165, 1.54) is 11.8 Å². The van der Waals surface area contributed by atoms with Crippen molar-refractivity contribution in [2.45, 2.75) is 18.4 Å². The molecule has 1 heterocycles. The average molecular weight is 186 g/mol. The molecule has 0 bridgehead atoms. The third-order valence-electron chi connectivity index (χ3n) is 1.34. The van der Waals surface area contributed by atoms with Gasteiger partial charge in [-0.1, -0.05) is 0 Å². The Balaban J connectivity index is 2.33. The van der Waals surface area contributed by atoms with Crippen molar-refractivity contribution >= 4 is 17.7 Å². The molecule has 0 fully saturated rings. The number of nitrogens with zero attached hydrogens (tertiary/aromatic N) is 1. The highest BCUT2D eigenvalue weighted by molar-refractivity contribution is 7.99. The summed E-state index contributed by atoms with van der Waals surface area (Å²) in [4.78, 5) is 17.1. The Morgan fingerprint density at radius 1 is 1.83 bits per heavy atom. The number of aromatic amines is 1. The van der Waals surface area contributed by atoms with Crippen molar-refractivity contribution in [2.24, 2.45) is 0 Å². The van der Waals surface area contributed by atoms with Crippen molar-refractivity contribution in [1.82, 2.24) is 9.97 Å². The number of imidazole rings is 1. The molecule has 1 rings (SSSR count). The first-order valence-electron chi connectivity index (χ1n) is 3.54. The van der Waals surface area contributed by atoms with Crippen LogP contribution in [0.1, 0.15) is 12.1 Å². The zero-order valence-electron chi connectivity index (χ0n) is 6.70. The van der Waals surface area contributed by atoms with E-state index in [1.54, 1.807) is 6.33 Å². The minimum atomic E-state index is -0.768. The van der Waals surface area contributed by atoms with Crippen LogP contribution in [-0.4, -0.2) is 26.8 Å². The number of hydrogen-bond acceptors (Lipinski definition) is 3. The Morgan fingerprint density at radius 3 is 3.08 bits per heavy atom. The second kappa shape index (κ2) is 4.15. The van der Waals surface area contributed by atoms with Crippen LogP contribution in [0.5, 0.6) is 0 Å². The van der Waals surface area contributed by atoms with E-state index < -0.39 is 5.97 Å². The van der Waals surface area contributed by atoms with Crippen molar-refractivity contribution in [3.8, 4) is 0 Å². The van der Waals surface area contributed by atoms with E-state index in [1.807, 2.05) is 6.92 Å². The Hall–Kier alpha value is -0.970. The predicted molar refractivity (Wildman–Crippen MR) is 46.3 cm³/mol. The zero-order chi connectivity index (χ0) is 8.97. The van der Waals surface area contributed by atoms with Crippen molar-refractivity contribution in [3.63, 3.8) is 0 Å². The number of carboxylic acid groups (broad SMARTS) is 1. The molecule has 0 amide bonds. The van der Waals surface area contributed by atoms with Gasteiger partial charge in [-0.3, -0.25) is 4.79 Å². The highest BCUT2D eigenvalue weighted by atomic mass is 32.2. The summed E-state index contributed by atoms with van der Waals surface area (Å²) in [6, 6.07) is 0. The summed E-state index contributed by atoms with van der Waals surface area (Å²) in [5.74, 6) is -0.197. The van der Waals surface area contributed by atoms with E-state index in [0.29, 0.717) is 5.75 Å². The number of carbonyl (C=O) groups is 1. The fourth-order valence-corrected chi connectivity index (χ4v) is 1.60. The van der Waals surface area contributed by atoms with E-state index in [-0.39, 0.29) is 6.42 Å². The molecular formula is C7H10N2O2S. The van der Waals surface area contributed by atoms with Crippen molar-refractivity contribution in [2.75, 3.05) is 5.75 Å². The summed E-state index contributed by atoms with van der Waals surface area (Å²) in [5.41, 5.74) is 0.991. The molecular weight excluding hydrogens is 176 g/mol. The number of nitrogens with one attached hydrogen (secondary N) is 1. The Kier molecular flexibility index (Phi) is 3.16. The molecule has 0 spiro atoms. The lowest BCUT2D eigenvalue weighted by atomic mass is 10.5. The number of aromatic nitrogens is 2. The maximum absolute atomic E-state index is 10.2. The molecule has 12 heavy (non-hydrogen) atoms. The number of H-pyrrole nitrogens is 1. The number of aryl methyl sites for hydroxylation is 1. The normalized spacial score (nSPS) is 10.1. The highest BCUT2D eigenvalue weighted by Gasteiger charge is 2.02. The van der Waals surface area contributed by atoms with E-state index in [9.17, 15) is 4.79 Å². The van der Waals surface area contributed by atoms with E-state index >= 15 is 0 Å². The third-order valence-corrected chi connectivity index (χ3v) is 2.43. The van der Waals surface area contributed by atoms with Gasteiger partial charge in [-0.15, -0.1) is 11.8 Å². The fraction of sp³-hybridized carbons (Fsp3) is 0.429. The van der Waals surface area contributed by atoms with Gasteiger partial charge in [0.05, 0.1) is 12.7 Å². The van der Waals surface area contributed by atoms with Gasteiger partial charge < -0.3 is 10.1 Å². The largest absolute Gasteiger partial charge is 0.481 e. The van der Waals surface area contributed by atoms with Crippen LogP contribution in [0, 0.1) is 6.92 Å². The number of hydrogen-bond donors (Lipinski definition) is 2. The molecule has 0 aliphatic heterocycles. The SMILES string of the molecule is Cc1[nH]cnc1SCCC(=O)O. The summed E-state index contributed by atoms with van der Waals surface area (Å²) in [6.45, 7) is 1.91. The fourth-order valence-electron chi connectivity index (χ4n) is 0.727. The molecule has 4 nitrogen and oxygen atoms in total. The van der Waals surface area contributed by atoms with Gasteiger partial charge >= 0.3 is 5.97 Å². The Labute approximate surface area is 74.4 Å². The standard InChI is InChI=1S/C7H10N2O2S/c1-5-7(9-4-8-5)12-3-2-6(10)11/h4H,2-3H2,1H3,(H,8,9)(H,10,11). The first-order valence-corrected chi connectivity index (χ1v) is 4.53. The van der Waals surface area contributed by atoms with Gasteiger partial charge in [0, 0.05) is 11.4 Å². The number of rotatable bonds is 4. The molecule has 5 heteroatoms. The predicted octanol–water partition coefficient (Wildman–Crippen LogP) is 1.28. The molecule has 0 aromatic carbocycles. The smallest absolute Gasteiger partial charge is 0.304 e. The van der Waals surface area contributed by atoms with Gasteiger partial charge in [0.1, 0.15) is 5.03 Å².